The molecule has 0 nitrogen and oxygen atoms in total. The molecule has 0 unspecified atom stereocenters. The van der Waals surface area contributed by atoms with E-state index >= 15 is 0 Å². The van der Waals surface area contributed by atoms with Gasteiger partial charge in [0.25, 0.3) is 0 Å². The van der Waals surface area contributed by atoms with Gasteiger partial charge in [-0.2, -0.15) is 0 Å². The molecular weight excluding hydrogens is 200 g/mol. The Hall–Kier alpha value is -0.560. The molecule has 0 spiro atoms. The van der Waals surface area contributed by atoms with Gasteiger partial charge in [0.05, 0.1) is 0 Å². The fourth-order valence-corrected chi connectivity index (χ4v) is 1.42. The lowest BCUT2D eigenvalue weighted by Gasteiger charge is -2.05. The van der Waals surface area contributed by atoms with Crippen LogP contribution in [0.2, 0.25) is 0 Å². The summed E-state index contributed by atoms with van der Waals surface area (Å²) in [6.07, 6.45) is 1.87. The third kappa shape index (κ3) is 1.54. The molecule has 0 bridgehead atoms. The summed E-state index contributed by atoms with van der Waals surface area (Å²) < 4.78 is 1.19. The number of aryl methyl sites for hydroxylation is 1. The van der Waals surface area contributed by atoms with Crippen LogP contribution >= 0.6 is 15.9 Å². The monoisotopic (exact) mass is 210 g/mol. The van der Waals surface area contributed by atoms with E-state index in [0.29, 0.717) is 0 Å². The smallest absolute Gasteiger partial charge is 0.0239 e. The van der Waals surface area contributed by atoms with Gasteiger partial charge >= 0.3 is 0 Å². The number of halogens is 1. The Morgan fingerprint density at radius 3 is 2.55 bits per heavy atom. The van der Waals surface area contributed by atoms with Gasteiger partial charge in [-0.1, -0.05) is 40.7 Å². The second-order valence-corrected chi connectivity index (χ2v) is 3.41. The van der Waals surface area contributed by atoms with Crippen LogP contribution in [-0.4, -0.2) is 0 Å². The summed E-state index contributed by atoms with van der Waals surface area (Å²) in [6, 6.07) is 4.18. The van der Waals surface area contributed by atoms with Crippen LogP contribution in [0, 0.1) is 13.8 Å². The minimum absolute atomic E-state index is 1.19. The average molecular weight is 211 g/mol. The third-order valence-electron chi connectivity index (χ3n) is 1.84. The van der Waals surface area contributed by atoms with Crippen LogP contribution in [0.15, 0.2) is 23.2 Å². The molecule has 0 atom stereocenters. The van der Waals surface area contributed by atoms with Gasteiger partial charge in [-0.3, -0.25) is 0 Å². The van der Waals surface area contributed by atoms with E-state index < -0.39 is 0 Å². The minimum Gasteiger partial charge on any atom is -0.0985 e. The van der Waals surface area contributed by atoms with Gasteiger partial charge in [-0.25, -0.2) is 0 Å². The lowest BCUT2D eigenvalue weighted by molar-refractivity contribution is 1.33. The maximum Gasteiger partial charge on any atom is 0.0239 e. The Morgan fingerprint density at radius 1 is 1.36 bits per heavy atom. The van der Waals surface area contributed by atoms with E-state index in [1.54, 1.807) is 0 Å². The molecule has 1 heteroatoms. The first kappa shape index (κ1) is 8.54. The van der Waals surface area contributed by atoms with E-state index in [9.17, 15) is 0 Å². The van der Waals surface area contributed by atoms with Crippen LogP contribution in [0.4, 0.5) is 0 Å². The molecule has 0 saturated carbocycles. The highest BCUT2D eigenvalue weighted by atomic mass is 79.9. The topological polar surface area (TPSA) is 0 Å². The van der Waals surface area contributed by atoms with Crippen LogP contribution in [0.5, 0.6) is 0 Å². The Bertz CT molecular complexity index is 287. The molecule has 58 valence electrons. The Labute approximate surface area is 76.1 Å². The molecular formula is C10H11Br. The zero-order valence-electron chi connectivity index (χ0n) is 6.82. The molecule has 0 radical (unpaired) electrons. The Kier molecular flexibility index (Phi) is 2.50. The zero-order chi connectivity index (χ0) is 8.43. The number of benzene rings is 1. The SMILES string of the molecule is C=Cc1ccc(C)c(Br)c1C. The quantitative estimate of drug-likeness (QED) is 0.664. The molecule has 0 fully saturated rings. The third-order valence-corrected chi connectivity index (χ3v) is 3.06. The van der Waals surface area contributed by atoms with Crippen molar-refractivity contribution in [3.8, 4) is 0 Å². The summed E-state index contributed by atoms with van der Waals surface area (Å²) in [7, 11) is 0. The highest BCUT2D eigenvalue weighted by Crippen LogP contribution is 2.24. The van der Waals surface area contributed by atoms with Crippen molar-refractivity contribution in [2.24, 2.45) is 0 Å². The first-order valence-corrected chi connectivity index (χ1v) is 4.34. The van der Waals surface area contributed by atoms with E-state index in [0.717, 1.165) is 0 Å². The minimum atomic E-state index is 1.19. The summed E-state index contributed by atoms with van der Waals surface area (Å²) in [5, 5.41) is 0. The summed E-state index contributed by atoms with van der Waals surface area (Å²) in [5.41, 5.74) is 3.73. The van der Waals surface area contributed by atoms with Crippen LogP contribution in [0.1, 0.15) is 16.7 Å². The molecule has 1 aromatic carbocycles. The normalized spacial score (nSPS) is 9.73. The standard InChI is InChI=1S/C10H11Br/c1-4-9-6-5-7(2)10(11)8(9)3/h4-6H,1H2,2-3H3. The zero-order valence-corrected chi connectivity index (χ0v) is 8.40. The average Bonchev–Trinajstić information content (AvgIpc) is 2.01. The number of rotatable bonds is 1. The molecule has 0 aliphatic heterocycles. The van der Waals surface area contributed by atoms with Crippen molar-refractivity contribution in [1.82, 2.24) is 0 Å². The van der Waals surface area contributed by atoms with Gasteiger partial charge in [-0.15, -0.1) is 0 Å². The van der Waals surface area contributed by atoms with Gasteiger partial charge < -0.3 is 0 Å². The maximum absolute atomic E-state index is 3.74. The summed E-state index contributed by atoms with van der Waals surface area (Å²) in [6.45, 7) is 7.92. The predicted octanol–water partition coefficient (Wildman–Crippen LogP) is 3.71. The molecule has 0 aromatic heterocycles. The lowest BCUT2D eigenvalue weighted by Crippen LogP contribution is -1.85. The van der Waals surface area contributed by atoms with Gasteiger partial charge in [0.15, 0.2) is 0 Å². The molecule has 1 aromatic rings. The first-order valence-electron chi connectivity index (χ1n) is 3.55. The number of hydrogen-bond acceptors (Lipinski definition) is 0. The van der Waals surface area contributed by atoms with Crippen LogP contribution in [0.25, 0.3) is 6.08 Å². The molecule has 0 saturated heterocycles. The maximum atomic E-state index is 3.74. The van der Waals surface area contributed by atoms with E-state index in [1.807, 2.05) is 6.08 Å². The predicted molar refractivity (Wildman–Crippen MR) is 53.7 cm³/mol. The molecule has 0 amide bonds. The van der Waals surface area contributed by atoms with Crippen LogP contribution < -0.4 is 0 Å². The van der Waals surface area contributed by atoms with E-state index in [2.05, 4.69) is 48.5 Å². The van der Waals surface area contributed by atoms with E-state index in [4.69, 9.17) is 0 Å². The molecule has 11 heavy (non-hydrogen) atoms. The Balaban J connectivity index is 3.36. The number of hydrogen-bond donors (Lipinski definition) is 0. The highest BCUT2D eigenvalue weighted by molar-refractivity contribution is 9.10. The Morgan fingerprint density at radius 2 is 2.00 bits per heavy atom. The molecule has 1 rings (SSSR count). The van der Waals surface area contributed by atoms with Gasteiger partial charge in [-0.05, 0) is 30.5 Å². The summed E-state index contributed by atoms with van der Waals surface area (Å²) in [5.74, 6) is 0. The van der Waals surface area contributed by atoms with Crippen molar-refractivity contribution in [2.75, 3.05) is 0 Å². The largest absolute Gasteiger partial charge is 0.0985 e. The lowest BCUT2D eigenvalue weighted by atomic mass is 10.1. The fourth-order valence-electron chi connectivity index (χ4n) is 1.06. The van der Waals surface area contributed by atoms with Crippen molar-refractivity contribution < 1.29 is 0 Å². The van der Waals surface area contributed by atoms with Gasteiger partial charge in [0.1, 0.15) is 0 Å². The van der Waals surface area contributed by atoms with Crippen molar-refractivity contribution in [1.29, 1.82) is 0 Å². The van der Waals surface area contributed by atoms with Crippen LogP contribution in [0.3, 0.4) is 0 Å². The van der Waals surface area contributed by atoms with E-state index in [1.165, 1.54) is 21.2 Å². The van der Waals surface area contributed by atoms with Crippen LogP contribution in [-0.2, 0) is 0 Å². The second kappa shape index (κ2) is 3.22. The first-order chi connectivity index (χ1) is 5.16. The summed E-state index contributed by atoms with van der Waals surface area (Å²) in [4.78, 5) is 0. The fraction of sp³-hybridized carbons (Fsp3) is 0.200. The molecule has 0 aliphatic carbocycles. The van der Waals surface area contributed by atoms with Gasteiger partial charge in [0.2, 0.25) is 0 Å². The summed E-state index contributed by atoms with van der Waals surface area (Å²) >= 11 is 3.52. The van der Waals surface area contributed by atoms with Crippen molar-refractivity contribution in [2.45, 2.75) is 13.8 Å². The van der Waals surface area contributed by atoms with Crippen molar-refractivity contribution >= 4 is 22.0 Å². The second-order valence-electron chi connectivity index (χ2n) is 2.61. The molecule has 0 N–H and O–H groups in total. The highest BCUT2D eigenvalue weighted by Gasteiger charge is 2.00. The van der Waals surface area contributed by atoms with E-state index in [-0.39, 0.29) is 0 Å². The van der Waals surface area contributed by atoms with Crippen molar-refractivity contribution in [3.05, 3.63) is 39.9 Å². The van der Waals surface area contributed by atoms with Gasteiger partial charge in [0, 0.05) is 4.47 Å². The molecule has 0 aliphatic rings. The van der Waals surface area contributed by atoms with Crippen molar-refractivity contribution in [3.63, 3.8) is 0 Å². The molecule has 0 heterocycles.